The highest BCUT2D eigenvalue weighted by Gasteiger charge is 2.21. The van der Waals surface area contributed by atoms with Gasteiger partial charge >= 0.3 is 0 Å². The summed E-state index contributed by atoms with van der Waals surface area (Å²) in [6.07, 6.45) is 0. The van der Waals surface area contributed by atoms with Gasteiger partial charge in [0, 0.05) is 7.05 Å². The van der Waals surface area contributed by atoms with Crippen LogP contribution in [0.4, 0.5) is 0 Å². The zero-order chi connectivity index (χ0) is 17.8. The first-order valence-corrected chi connectivity index (χ1v) is 9.77. The first-order chi connectivity index (χ1) is 12.1. The molecule has 1 aromatic carbocycles. The van der Waals surface area contributed by atoms with Crippen LogP contribution < -0.4 is 5.32 Å². The molecule has 1 N–H and O–H groups in total. The highest BCUT2D eigenvalue weighted by Crippen LogP contribution is 2.28. The van der Waals surface area contributed by atoms with E-state index in [2.05, 4.69) is 15.5 Å². The maximum atomic E-state index is 12.5. The van der Waals surface area contributed by atoms with Crippen molar-refractivity contribution in [3.63, 3.8) is 0 Å². The minimum Gasteiger partial charge on any atom is -0.349 e. The topological polar surface area (TPSA) is 59.8 Å². The van der Waals surface area contributed by atoms with E-state index in [0.29, 0.717) is 0 Å². The van der Waals surface area contributed by atoms with Crippen LogP contribution in [0.15, 0.2) is 53.0 Å². The number of benzene rings is 1. The summed E-state index contributed by atoms with van der Waals surface area (Å²) in [5.74, 6) is 0.810. The summed E-state index contributed by atoms with van der Waals surface area (Å²) in [6, 6.07) is 13.9. The Hall–Kier alpha value is -2.12. The van der Waals surface area contributed by atoms with Gasteiger partial charge in [-0.3, -0.25) is 4.79 Å². The third-order valence-electron chi connectivity index (χ3n) is 3.89. The molecule has 0 radical (unpaired) electrons. The molecule has 2 aromatic heterocycles. The summed E-state index contributed by atoms with van der Waals surface area (Å²) in [5.41, 5.74) is 1.09. The number of hydrogen-bond acceptors (Lipinski definition) is 5. The van der Waals surface area contributed by atoms with Gasteiger partial charge < -0.3 is 9.88 Å². The van der Waals surface area contributed by atoms with Gasteiger partial charge in [0.05, 0.1) is 16.2 Å². The van der Waals surface area contributed by atoms with Crippen molar-refractivity contribution in [2.24, 2.45) is 7.05 Å². The Labute approximate surface area is 155 Å². The van der Waals surface area contributed by atoms with Crippen LogP contribution in [-0.2, 0) is 11.8 Å². The molecule has 130 valence electrons. The van der Waals surface area contributed by atoms with Crippen LogP contribution in [0, 0.1) is 0 Å². The molecule has 5 nitrogen and oxygen atoms in total. The van der Waals surface area contributed by atoms with E-state index in [-0.39, 0.29) is 17.2 Å². The molecule has 0 aliphatic carbocycles. The average Bonchev–Trinajstić information content (AvgIpc) is 3.26. The van der Waals surface area contributed by atoms with Gasteiger partial charge in [-0.25, -0.2) is 0 Å². The second kappa shape index (κ2) is 7.84. The second-order valence-corrected chi connectivity index (χ2v) is 8.00. The van der Waals surface area contributed by atoms with Gasteiger partial charge in [-0.1, -0.05) is 48.2 Å². The molecule has 2 unspecified atom stereocenters. The predicted molar refractivity (Wildman–Crippen MR) is 103 cm³/mol. The largest absolute Gasteiger partial charge is 0.349 e. The van der Waals surface area contributed by atoms with Crippen molar-refractivity contribution < 1.29 is 4.79 Å². The number of nitrogens with zero attached hydrogens (tertiary/aromatic N) is 3. The monoisotopic (exact) mass is 372 g/mol. The van der Waals surface area contributed by atoms with Gasteiger partial charge in [0.1, 0.15) is 0 Å². The van der Waals surface area contributed by atoms with E-state index in [1.165, 1.54) is 11.8 Å². The first kappa shape index (κ1) is 17.7. The lowest BCUT2D eigenvalue weighted by Gasteiger charge is -2.17. The molecule has 0 saturated heterocycles. The van der Waals surface area contributed by atoms with E-state index in [1.807, 2.05) is 73.3 Å². The van der Waals surface area contributed by atoms with E-state index in [4.69, 9.17) is 0 Å². The van der Waals surface area contributed by atoms with Gasteiger partial charge in [0.25, 0.3) is 0 Å². The molecule has 0 aliphatic rings. The van der Waals surface area contributed by atoms with E-state index in [0.717, 1.165) is 21.4 Å². The van der Waals surface area contributed by atoms with E-state index < -0.39 is 0 Å². The Morgan fingerprint density at radius 3 is 2.60 bits per heavy atom. The number of carbonyl (C=O) groups is 1. The molecule has 0 spiro atoms. The molecule has 0 fully saturated rings. The van der Waals surface area contributed by atoms with Crippen molar-refractivity contribution in [1.29, 1.82) is 0 Å². The Morgan fingerprint density at radius 2 is 1.92 bits per heavy atom. The van der Waals surface area contributed by atoms with Gasteiger partial charge in [-0.15, -0.1) is 21.5 Å². The summed E-state index contributed by atoms with van der Waals surface area (Å²) in [4.78, 5) is 13.6. The fourth-order valence-corrected chi connectivity index (χ4v) is 3.97. The van der Waals surface area contributed by atoms with E-state index >= 15 is 0 Å². The standard InChI is InChI=1S/C18H20N4OS2/c1-12(14-8-5-4-6-9-14)19-17(23)13(2)25-18-21-20-16(22(18)3)15-10-7-11-24-15/h4-13H,1-3H3,(H,19,23). The highest BCUT2D eigenvalue weighted by atomic mass is 32.2. The van der Waals surface area contributed by atoms with Crippen LogP contribution in [-0.4, -0.2) is 25.9 Å². The fraction of sp³-hybridized carbons (Fsp3) is 0.278. The molecule has 3 aromatic rings. The number of carbonyl (C=O) groups excluding carboxylic acids is 1. The first-order valence-electron chi connectivity index (χ1n) is 8.01. The van der Waals surface area contributed by atoms with E-state index in [9.17, 15) is 4.79 Å². The lowest BCUT2D eigenvalue weighted by atomic mass is 10.1. The van der Waals surface area contributed by atoms with Crippen LogP contribution in [0.1, 0.15) is 25.5 Å². The minimum atomic E-state index is -0.259. The number of rotatable bonds is 6. The normalized spacial score (nSPS) is 13.4. The van der Waals surface area contributed by atoms with Crippen LogP contribution in [0.5, 0.6) is 0 Å². The molecule has 25 heavy (non-hydrogen) atoms. The predicted octanol–water partition coefficient (Wildman–Crippen LogP) is 3.90. The third-order valence-corrected chi connectivity index (χ3v) is 5.89. The highest BCUT2D eigenvalue weighted by molar-refractivity contribution is 8.00. The summed E-state index contributed by atoms with van der Waals surface area (Å²) in [6.45, 7) is 3.87. The van der Waals surface area contributed by atoms with Crippen LogP contribution in [0.25, 0.3) is 10.7 Å². The zero-order valence-corrected chi connectivity index (χ0v) is 16.0. The van der Waals surface area contributed by atoms with Crippen molar-refractivity contribution in [2.45, 2.75) is 30.3 Å². The summed E-state index contributed by atoms with van der Waals surface area (Å²) < 4.78 is 1.93. The Kier molecular flexibility index (Phi) is 5.55. The number of thioether (sulfide) groups is 1. The third kappa shape index (κ3) is 4.11. The molecular weight excluding hydrogens is 352 g/mol. The van der Waals surface area contributed by atoms with Crippen molar-refractivity contribution in [2.75, 3.05) is 0 Å². The molecule has 2 heterocycles. The lowest BCUT2D eigenvalue weighted by molar-refractivity contribution is -0.120. The zero-order valence-electron chi connectivity index (χ0n) is 14.3. The van der Waals surface area contributed by atoms with Gasteiger partial charge in [-0.05, 0) is 30.9 Å². The molecule has 0 bridgehead atoms. The van der Waals surface area contributed by atoms with Crippen LogP contribution in [0.2, 0.25) is 0 Å². The number of hydrogen-bond donors (Lipinski definition) is 1. The Morgan fingerprint density at radius 1 is 1.16 bits per heavy atom. The number of amides is 1. The minimum absolute atomic E-state index is 0.0120. The Balaban J connectivity index is 1.64. The molecule has 1 amide bonds. The Bertz CT molecular complexity index is 830. The van der Waals surface area contributed by atoms with Crippen LogP contribution >= 0.6 is 23.1 Å². The molecule has 0 saturated carbocycles. The van der Waals surface area contributed by atoms with Crippen molar-refractivity contribution >= 4 is 29.0 Å². The molecule has 2 atom stereocenters. The number of aromatic nitrogens is 3. The van der Waals surface area contributed by atoms with Gasteiger partial charge in [0.2, 0.25) is 5.91 Å². The van der Waals surface area contributed by atoms with Crippen molar-refractivity contribution in [3.8, 4) is 10.7 Å². The lowest BCUT2D eigenvalue weighted by Crippen LogP contribution is -2.33. The number of thiophene rings is 1. The van der Waals surface area contributed by atoms with Crippen molar-refractivity contribution in [1.82, 2.24) is 20.1 Å². The SMILES string of the molecule is CC(Sc1nnc(-c2cccs2)n1C)C(=O)NC(C)c1ccccc1. The maximum Gasteiger partial charge on any atom is 0.233 e. The number of nitrogens with one attached hydrogen (secondary N) is 1. The average molecular weight is 373 g/mol. The molecule has 7 heteroatoms. The fourth-order valence-electron chi connectivity index (χ4n) is 2.41. The van der Waals surface area contributed by atoms with Gasteiger partial charge in [-0.2, -0.15) is 0 Å². The summed E-state index contributed by atoms with van der Waals surface area (Å²) >= 11 is 3.04. The second-order valence-electron chi connectivity index (χ2n) is 5.74. The van der Waals surface area contributed by atoms with Crippen molar-refractivity contribution in [3.05, 3.63) is 53.4 Å². The summed E-state index contributed by atoms with van der Waals surface area (Å²) in [5, 5.41) is 14.0. The smallest absolute Gasteiger partial charge is 0.233 e. The maximum absolute atomic E-state index is 12.5. The molecular formula is C18H20N4OS2. The molecule has 3 rings (SSSR count). The van der Waals surface area contributed by atoms with E-state index in [1.54, 1.807) is 11.3 Å². The molecule has 0 aliphatic heterocycles. The van der Waals surface area contributed by atoms with Crippen LogP contribution in [0.3, 0.4) is 0 Å². The summed E-state index contributed by atoms with van der Waals surface area (Å²) in [7, 11) is 1.93. The van der Waals surface area contributed by atoms with Gasteiger partial charge in [0.15, 0.2) is 11.0 Å². The quantitative estimate of drug-likeness (QED) is 0.667.